The number of ketones is 1. The molecule has 0 aromatic rings. The second kappa shape index (κ2) is 7.57. The molecule has 194 valence electrons. The smallest absolute Gasteiger partial charge is 0.306 e. The minimum atomic E-state index is -0.598. The molecule has 7 unspecified atom stereocenters. The molecule has 0 amide bonds. The summed E-state index contributed by atoms with van der Waals surface area (Å²) >= 11 is 0. The number of Topliss-reactive ketones (excluding diaryl/α,β-unsaturated/α-hetero) is 1. The van der Waals surface area contributed by atoms with Gasteiger partial charge >= 0.3 is 5.97 Å². The van der Waals surface area contributed by atoms with Gasteiger partial charge in [0.1, 0.15) is 5.78 Å². The standard InChI is InChI=1S/C32H48O3/c1-9-19-16-24-30(6)13-12-25(33)29(4,5)23(30)11-15-31(24,7)32(8)14-10-20-21(26(19)32)17-28(2,3)18-22(20)27(34)35/h9,20-24H,1,10-18H2,2-8H3,(H,34,35)/t20?,21?,22-,23?,24?,30?,31?,32?/m1/s1. The number of carbonyl (C=O) groups excluding carboxylic acids is 1. The van der Waals surface area contributed by atoms with Crippen LogP contribution in [0.4, 0.5) is 0 Å². The number of aliphatic carboxylic acids is 1. The van der Waals surface area contributed by atoms with E-state index in [1.54, 1.807) is 5.57 Å². The highest BCUT2D eigenvalue weighted by atomic mass is 16.4. The average Bonchev–Trinajstić information content (AvgIpc) is 2.75. The maximum absolute atomic E-state index is 13.0. The molecule has 0 spiro atoms. The third-order valence-corrected chi connectivity index (χ3v) is 12.9. The summed E-state index contributed by atoms with van der Waals surface area (Å²) in [6.07, 6.45) is 11.2. The van der Waals surface area contributed by atoms with E-state index < -0.39 is 5.97 Å². The Bertz CT molecular complexity index is 1000. The van der Waals surface area contributed by atoms with Crippen LogP contribution < -0.4 is 0 Å². The fourth-order valence-corrected chi connectivity index (χ4v) is 11.0. The van der Waals surface area contributed by atoms with Crippen LogP contribution in [0.3, 0.4) is 0 Å². The van der Waals surface area contributed by atoms with Crippen molar-refractivity contribution in [1.29, 1.82) is 0 Å². The van der Waals surface area contributed by atoms with Gasteiger partial charge in [-0.15, -0.1) is 0 Å². The van der Waals surface area contributed by atoms with Crippen LogP contribution in [-0.4, -0.2) is 16.9 Å². The Morgan fingerprint density at radius 2 is 1.66 bits per heavy atom. The molecular formula is C32H48O3. The molecular weight excluding hydrogens is 432 g/mol. The molecule has 0 heterocycles. The molecule has 35 heavy (non-hydrogen) atoms. The number of hydrogen-bond acceptors (Lipinski definition) is 2. The number of carboxylic acid groups (broad SMARTS) is 1. The summed E-state index contributed by atoms with van der Waals surface area (Å²) < 4.78 is 0. The van der Waals surface area contributed by atoms with E-state index in [4.69, 9.17) is 0 Å². The molecule has 5 aliphatic carbocycles. The van der Waals surface area contributed by atoms with Crippen LogP contribution in [-0.2, 0) is 9.59 Å². The number of allylic oxidation sites excluding steroid dienone is 3. The fraction of sp³-hybridized carbons (Fsp3) is 0.812. The summed E-state index contributed by atoms with van der Waals surface area (Å²) in [4.78, 5) is 25.4. The van der Waals surface area contributed by atoms with Crippen molar-refractivity contribution in [3.05, 3.63) is 23.8 Å². The van der Waals surface area contributed by atoms with Crippen molar-refractivity contribution < 1.29 is 14.7 Å². The second-order valence-electron chi connectivity index (χ2n) is 15.2. The summed E-state index contributed by atoms with van der Waals surface area (Å²) in [7, 11) is 0. The average molecular weight is 481 g/mol. The molecule has 4 fully saturated rings. The number of fused-ring (bicyclic) bond motifs is 7. The Kier molecular flexibility index (Phi) is 5.47. The van der Waals surface area contributed by atoms with Crippen molar-refractivity contribution in [3.8, 4) is 0 Å². The van der Waals surface area contributed by atoms with Gasteiger partial charge in [-0.1, -0.05) is 66.7 Å². The quantitative estimate of drug-likeness (QED) is 0.438. The molecule has 3 heteroatoms. The van der Waals surface area contributed by atoms with Gasteiger partial charge in [0.2, 0.25) is 0 Å². The predicted octanol–water partition coefficient (Wildman–Crippen LogP) is 7.85. The topological polar surface area (TPSA) is 54.4 Å². The summed E-state index contributed by atoms with van der Waals surface area (Å²) in [6, 6.07) is 0. The first-order valence-corrected chi connectivity index (χ1v) is 14.2. The van der Waals surface area contributed by atoms with Crippen molar-refractivity contribution in [1.82, 2.24) is 0 Å². The lowest BCUT2D eigenvalue weighted by molar-refractivity contribution is -0.184. The Labute approximate surface area is 213 Å². The van der Waals surface area contributed by atoms with Crippen molar-refractivity contribution in [2.24, 2.45) is 56.7 Å². The molecule has 0 aromatic heterocycles. The van der Waals surface area contributed by atoms with Gasteiger partial charge in [-0.3, -0.25) is 9.59 Å². The van der Waals surface area contributed by atoms with Gasteiger partial charge in [-0.2, -0.15) is 0 Å². The maximum Gasteiger partial charge on any atom is 0.306 e. The van der Waals surface area contributed by atoms with E-state index in [-0.39, 0.29) is 38.9 Å². The van der Waals surface area contributed by atoms with Gasteiger partial charge in [0, 0.05) is 11.8 Å². The van der Waals surface area contributed by atoms with E-state index in [0.717, 1.165) is 44.9 Å². The van der Waals surface area contributed by atoms with Crippen molar-refractivity contribution in [2.45, 2.75) is 106 Å². The Morgan fingerprint density at radius 1 is 0.971 bits per heavy atom. The van der Waals surface area contributed by atoms with Crippen molar-refractivity contribution in [3.63, 3.8) is 0 Å². The van der Waals surface area contributed by atoms with E-state index in [9.17, 15) is 14.7 Å². The molecule has 0 aromatic carbocycles. The SMILES string of the molecule is C=CC1=C2C3CC(C)(C)C[C@@H](C(=O)O)C3CCC2(C)C2(C)CCC3C(C)(C)C(=O)CCC3(C)C2C1. The van der Waals surface area contributed by atoms with E-state index in [2.05, 4.69) is 61.1 Å². The summed E-state index contributed by atoms with van der Waals surface area (Å²) in [5, 5.41) is 10.2. The van der Waals surface area contributed by atoms with Gasteiger partial charge in [-0.05, 0) is 102 Å². The highest BCUT2D eigenvalue weighted by Gasteiger charge is 2.68. The predicted molar refractivity (Wildman–Crippen MR) is 141 cm³/mol. The van der Waals surface area contributed by atoms with Crippen LogP contribution in [0.25, 0.3) is 0 Å². The minimum absolute atomic E-state index is 0.0386. The first-order valence-electron chi connectivity index (χ1n) is 14.2. The molecule has 0 aliphatic heterocycles. The molecule has 5 rings (SSSR count). The van der Waals surface area contributed by atoms with Crippen LogP contribution in [0.15, 0.2) is 23.8 Å². The monoisotopic (exact) mass is 480 g/mol. The number of carboxylic acids is 1. The zero-order valence-electron chi connectivity index (χ0n) is 23.3. The number of rotatable bonds is 2. The summed E-state index contributed by atoms with van der Waals surface area (Å²) in [6.45, 7) is 20.9. The summed E-state index contributed by atoms with van der Waals surface area (Å²) in [5.41, 5.74) is 3.18. The molecule has 0 saturated heterocycles. The lowest BCUT2D eigenvalue weighted by Crippen LogP contribution is -2.64. The van der Waals surface area contributed by atoms with E-state index in [0.29, 0.717) is 30.0 Å². The third kappa shape index (κ3) is 3.21. The van der Waals surface area contributed by atoms with Crippen LogP contribution in [0.5, 0.6) is 0 Å². The Hall–Kier alpha value is -1.38. The molecule has 0 radical (unpaired) electrons. The van der Waals surface area contributed by atoms with Gasteiger partial charge in [-0.25, -0.2) is 0 Å². The minimum Gasteiger partial charge on any atom is -0.481 e. The van der Waals surface area contributed by atoms with Crippen molar-refractivity contribution >= 4 is 11.8 Å². The van der Waals surface area contributed by atoms with E-state index in [1.165, 1.54) is 12.0 Å². The number of hydrogen-bond donors (Lipinski definition) is 1. The molecule has 1 N–H and O–H groups in total. The van der Waals surface area contributed by atoms with Gasteiger partial charge in [0.05, 0.1) is 5.92 Å². The largest absolute Gasteiger partial charge is 0.481 e. The normalized spacial score (nSPS) is 48.2. The van der Waals surface area contributed by atoms with Crippen molar-refractivity contribution in [2.75, 3.05) is 0 Å². The lowest BCUT2D eigenvalue weighted by Gasteiger charge is -2.70. The lowest BCUT2D eigenvalue weighted by atomic mass is 9.33. The highest BCUT2D eigenvalue weighted by Crippen LogP contribution is 2.75. The number of carbonyl (C=O) groups is 2. The molecule has 4 saturated carbocycles. The highest BCUT2D eigenvalue weighted by molar-refractivity contribution is 5.85. The molecule has 8 atom stereocenters. The molecule has 0 bridgehead atoms. The van der Waals surface area contributed by atoms with Crippen LogP contribution in [0.1, 0.15) is 106 Å². The van der Waals surface area contributed by atoms with E-state index in [1.807, 2.05) is 0 Å². The Balaban J connectivity index is 1.65. The van der Waals surface area contributed by atoms with Crippen LogP contribution in [0, 0.1) is 56.7 Å². The summed E-state index contributed by atoms with van der Waals surface area (Å²) in [5.74, 6) is 1.18. The second-order valence-corrected chi connectivity index (χ2v) is 15.2. The van der Waals surface area contributed by atoms with Crippen LogP contribution in [0.2, 0.25) is 0 Å². The van der Waals surface area contributed by atoms with Gasteiger partial charge < -0.3 is 5.11 Å². The first-order chi connectivity index (χ1) is 16.1. The maximum atomic E-state index is 13.0. The zero-order valence-corrected chi connectivity index (χ0v) is 23.3. The third-order valence-electron chi connectivity index (χ3n) is 12.9. The molecule has 5 aliphatic rings. The Morgan fingerprint density at radius 3 is 2.29 bits per heavy atom. The fourth-order valence-electron chi connectivity index (χ4n) is 11.0. The van der Waals surface area contributed by atoms with Gasteiger partial charge in [0.15, 0.2) is 0 Å². The van der Waals surface area contributed by atoms with Gasteiger partial charge in [0.25, 0.3) is 0 Å². The van der Waals surface area contributed by atoms with E-state index >= 15 is 0 Å². The first kappa shape index (κ1) is 25.3. The molecule has 3 nitrogen and oxygen atoms in total. The van der Waals surface area contributed by atoms with Crippen LogP contribution >= 0.6 is 0 Å². The zero-order chi connectivity index (χ0) is 25.8.